The number of aliphatic hydroxyl groups is 1. The molecule has 9 nitrogen and oxygen atoms in total. The fourth-order valence-electron chi connectivity index (χ4n) is 4.37. The van der Waals surface area contributed by atoms with Gasteiger partial charge in [-0.15, -0.1) is 0 Å². The van der Waals surface area contributed by atoms with Crippen LogP contribution in [0.4, 0.5) is 0 Å². The van der Waals surface area contributed by atoms with Gasteiger partial charge in [-0.05, 0) is 18.9 Å². The second kappa shape index (κ2) is 6.30. The molecule has 9 heteroatoms. The highest BCUT2D eigenvalue weighted by Crippen LogP contribution is 2.47. The van der Waals surface area contributed by atoms with Crippen molar-refractivity contribution in [2.75, 3.05) is 19.6 Å². The van der Waals surface area contributed by atoms with Crippen LogP contribution in [0.5, 0.6) is 0 Å². The normalized spacial score (nSPS) is 33.2. The fraction of sp³-hybridized carbons (Fsp3) is 0.688. The second-order valence-electron chi connectivity index (χ2n) is 7.16. The van der Waals surface area contributed by atoms with Gasteiger partial charge in [-0.25, -0.2) is 9.79 Å². The van der Waals surface area contributed by atoms with E-state index in [0.717, 1.165) is 18.5 Å². The molecule has 0 aromatic heterocycles. The number of carbonyl (C=O) groups excluding carboxylic acids is 1. The Morgan fingerprint density at radius 3 is 2.68 bits per heavy atom. The van der Waals surface area contributed by atoms with E-state index in [0.29, 0.717) is 13.1 Å². The van der Waals surface area contributed by atoms with E-state index in [1.165, 1.54) is 4.90 Å². The standard InChI is InChI=1S/C16H25N5O4/c1-7-10(6-20-4-3-9(5-20)19-16(17)18)13(15(24)25)21-12(7)11(8(2)22)14(21)23/h7-9,11-12,22H,3-6H2,1-2H3,(H,24,25)(H4,17,18,19). The Balaban J connectivity index is 1.80. The first kappa shape index (κ1) is 17.7. The number of aliphatic hydroxyl groups excluding tert-OH is 1. The van der Waals surface area contributed by atoms with Crippen LogP contribution in [0, 0.1) is 11.8 Å². The lowest BCUT2D eigenvalue weighted by atomic mass is 9.77. The molecule has 5 unspecified atom stereocenters. The number of aliphatic carboxylic acids is 1. The lowest BCUT2D eigenvalue weighted by molar-refractivity contribution is -0.163. The van der Waals surface area contributed by atoms with Crippen molar-refractivity contribution >= 4 is 17.8 Å². The number of fused-ring (bicyclic) bond motifs is 1. The minimum Gasteiger partial charge on any atom is -0.477 e. The van der Waals surface area contributed by atoms with Crippen molar-refractivity contribution in [3.63, 3.8) is 0 Å². The number of guanidine groups is 1. The molecular weight excluding hydrogens is 326 g/mol. The fourth-order valence-corrected chi connectivity index (χ4v) is 4.37. The van der Waals surface area contributed by atoms with Crippen molar-refractivity contribution in [1.82, 2.24) is 9.80 Å². The number of carboxylic acid groups (broad SMARTS) is 1. The van der Waals surface area contributed by atoms with E-state index < -0.39 is 18.0 Å². The van der Waals surface area contributed by atoms with Crippen LogP contribution in [-0.4, -0.2) is 75.7 Å². The molecular formula is C16H25N5O4. The number of nitrogens with zero attached hydrogens (tertiary/aromatic N) is 3. The zero-order valence-electron chi connectivity index (χ0n) is 14.4. The Morgan fingerprint density at radius 2 is 2.12 bits per heavy atom. The van der Waals surface area contributed by atoms with E-state index in [2.05, 4.69) is 9.89 Å². The average Bonchev–Trinajstić information content (AvgIpc) is 3.01. The molecule has 0 saturated carbocycles. The molecule has 0 spiro atoms. The summed E-state index contributed by atoms with van der Waals surface area (Å²) in [6.45, 7) is 5.38. The van der Waals surface area contributed by atoms with Gasteiger partial charge in [-0.3, -0.25) is 9.69 Å². The van der Waals surface area contributed by atoms with Crippen molar-refractivity contribution in [2.45, 2.75) is 38.5 Å². The van der Waals surface area contributed by atoms with E-state index in [9.17, 15) is 19.8 Å². The van der Waals surface area contributed by atoms with Crippen molar-refractivity contribution in [3.05, 3.63) is 11.3 Å². The SMILES string of the molecule is CC(O)C1C(=O)N2C(C(=O)O)=C(CN3CCC(N=C(N)N)C3)C(C)C12. The van der Waals surface area contributed by atoms with Crippen molar-refractivity contribution in [1.29, 1.82) is 0 Å². The Kier molecular flexibility index (Phi) is 4.46. The van der Waals surface area contributed by atoms with Crippen LogP contribution in [-0.2, 0) is 9.59 Å². The minimum absolute atomic E-state index is 0.0134. The number of hydrogen-bond donors (Lipinski definition) is 4. The van der Waals surface area contributed by atoms with Gasteiger partial charge in [0.2, 0.25) is 5.91 Å². The zero-order chi connectivity index (χ0) is 18.5. The molecule has 3 heterocycles. The third-order valence-corrected chi connectivity index (χ3v) is 5.49. The summed E-state index contributed by atoms with van der Waals surface area (Å²) in [6.07, 6.45) is 0.0216. The van der Waals surface area contributed by atoms with Gasteiger partial charge < -0.3 is 26.6 Å². The van der Waals surface area contributed by atoms with E-state index in [-0.39, 0.29) is 35.6 Å². The van der Waals surface area contributed by atoms with Gasteiger partial charge in [0.25, 0.3) is 0 Å². The maximum atomic E-state index is 12.3. The first-order valence-corrected chi connectivity index (χ1v) is 8.51. The lowest BCUT2D eigenvalue weighted by Gasteiger charge is -2.46. The highest BCUT2D eigenvalue weighted by molar-refractivity contribution is 6.00. The number of carbonyl (C=O) groups is 2. The number of nitrogens with two attached hydrogens (primary N) is 2. The highest BCUT2D eigenvalue weighted by atomic mass is 16.4. The highest BCUT2D eigenvalue weighted by Gasteiger charge is 2.59. The third kappa shape index (κ3) is 2.87. The molecule has 6 N–H and O–H groups in total. The van der Waals surface area contributed by atoms with Gasteiger partial charge in [0.05, 0.1) is 24.1 Å². The minimum atomic E-state index is -1.10. The average molecular weight is 351 g/mol. The summed E-state index contributed by atoms with van der Waals surface area (Å²) in [7, 11) is 0. The summed E-state index contributed by atoms with van der Waals surface area (Å²) < 4.78 is 0. The smallest absolute Gasteiger partial charge is 0.352 e. The lowest BCUT2D eigenvalue weighted by Crippen LogP contribution is -2.63. The van der Waals surface area contributed by atoms with Crippen molar-refractivity contribution < 1.29 is 19.8 Å². The summed E-state index contributed by atoms with van der Waals surface area (Å²) in [6, 6.07) is -0.260. The first-order valence-electron chi connectivity index (χ1n) is 8.51. The summed E-state index contributed by atoms with van der Waals surface area (Å²) >= 11 is 0. The van der Waals surface area contributed by atoms with E-state index in [4.69, 9.17) is 11.5 Å². The van der Waals surface area contributed by atoms with Crippen molar-refractivity contribution in [2.24, 2.45) is 28.3 Å². The van der Waals surface area contributed by atoms with Gasteiger partial charge in [0.1, 0.15) is 5.70 Å². The molecule has 0 bridgehead atoms. The number of carboxylic acids is 1. The first-order chi connectivity index (χ1) is 11.7. The number of β-lactam (4-membered cyclic amide) rings is 1. The van der Waals surface area contributed by atoms with E-state index >= 15 is 0 Å². The molecule has 138 valence electrons. The maximum Gasteiger partial charge on any atom is 0.352 e. The monoisotopic (exact) mass is 351 g/mol. The number of amides is 1. The van der Waals surface area contributed by atoms with Crippen LogP contribution in [0.15, 0.2) is 16.3 Å². The molecule has 3 rings (SSSR count). The van der Waals surface area contributed by atoms with Crippen molar-refractivity contribution in [3.8, 4) is 0 Å². The van der Waals surface area contributed by atoms with Gasteiger partial charge in [-0.1, -0.05) is 6.92 Å². The number of likely N-dealkylation sites (tertiary alicyclic amines) is 1. The van der Waals surface area contributed by atoms with Gasteiger partial charge in [-0.2, -0.15) is 0 Å². The Hall–Kier alpha value is -2.13. The molecule has 0 aromatic carbocycles. The molecule has 0 aromatic rings. The van der Waals surface area contributed by atoms with E-state index in [1.54, 1.807) is 6.92 Å². The molecule has 3 aliphatic rings. The predicted octanol–water partition coefficient (Wildman–Crippen LogP) is -1.47. The van der Waals surface area contributed by atoms with Crippen LogP contribution in [0.3, 0.4) is 0 Å². The van der Waals surface area contributed by atoms with Crippen LogP contribution in [0.25, 0.3) is 0 Å². The van der Waals surface area contributed by atoms with Crippen LogP contribution in [0.2, 0.25) is 0 Å². The summed E-state index contributed by atoms with van der Waals surface area (Å²) in [4.78, 5) is 31.7. The summed E-state index contributed by atoms with van der Waals surface area (Å²) in [5, 5.41) is 19.5. The molecule has 3 aliphatic heterocycles. The van der Waals surface area contributed by atoms with Gasteiger partial charge in [0.15, 0.2) is 5.96 Å². The van der Waals surface area contributed by atoms with Crippen LogP contribution in [0.1, 0.15) is 20.3 Å². The predicted molar refractivity (Wildman–Crippen MR) is 90.3 cm³/mol. The number of rotatable bonds is 5. The number of hydrogen-bond acceptors (Lipinski definition) is 5. The molecule has 25 heavy (non-hydrogen) atoms. The number of aliphatic imine (C=N–C) groups is 1. The summed E-state index contributed by atoms with van der Waals surface area (Å²) in [5.41, 5.74) is 11.7. The molecule has 2 fully saturated rings. The molecule has 0 radical (unpaired) electrons. The topological polar surface area (TPSA) is 145 Å². The van der Waals surface area contributed by atoms with E-state index in [1.807, 2.05) is 6.92 Å². The quantitative estimate of drug-likeness (QED) is 0.269. The second-order valence-corrected chi connectivity index (χ2v) is 7.16. The Labute approximate surface area is 146 Å². The maximum absolute atomic E-state index is 12.3. The Bertz CT molecular complexity index is 655. The molecule has 0 aliphatic carbocycles. The van der Waals surface area contributed by atoms with Gasteiger partial charge in [0, 0.05) is 25.6 Å². The summed E-state index contributed by atoms with van der Waals surface area (Å²) in [5.74, 6) is -1.98. The zero-order valence-corrected chi connectivity index (χ0v) is 14.4. The molecule has 2 saturated heterocycles. The van der Waals surface area contributed by atoms with Crippen LogP contribution >= 0.6 is 0 Å². The molecule has 1 amide bonds. The van der Waals surface area contributed by atoms with Gasteiger partial charge >= 0.3 is 5.97 Å². The Morgan fingerprint density at radius 1 is 1.44 bits per heavy atom. The third-order valence-electron chi connectivity index (χ3n) is 5.49. The largest absolute Gasteiger partial charge is 0.477 e. The molecule has 5 atom stereocenters. The van der Waals surface area contributed by atoms with Crippen LogP contribution < -0.4 is 11.5 Å².